The fourth-order valence-corrected chi connectivity index (χ4v) is 3.43. The van der Waals surface area contributed by atoms with Crippen LogP contribution in [0.5, 0.6) is 0 Å². The number of rotatable bonds is 29. The van der Waals surface area contributed by atoms with Crippen LogP contribution in [0.4, 0.5) is 4.79 Å². The Bertz CT molecular complexity index is 1300. The highest BCUT2D eigenvalue weighted by Crippen LogP contribution is 1.96. The number of nitrogens with one attached hydrogen (secondary N) is 3. The van der Waals surface area contributed by atoms with E-state index in [2.05, 4.69) is 42.3 Å². The first-order valence-corrected chi connectivity index (χ1v) is 20.7. The van der Waals surface area contributed by atoms with Gasteiger partial charge >= 0.3 is 41.8 Å². The van der Waals surface area contributed by atoms with Crippen molar-refractivity contribution in [3.05, 3.63) is 38.0 Å². The maximum Gasteiger partial charge on any atom is 0.320 e. The highest BCUT2D eigenvalue weighted by atomic mass is 16.4. The van der Waals surface area contributed by atoms with Crippen molar-refractivity contribution in [2.45, 2.75) is 165 Å². The predicted octanol–water partition coefficient (Wildman–Crippen LogP) is -0.399. The van der Waals surface area contributed by atoms with Crippen LogP contribution in [0.3, 0.4) is 0 Å². The van der Waals surface area contributed by atoms with Gasteiger partial charge in [0, 0.05) is 19.6 Å². The molecule has 0 aliphatic carbocycles. The van der Waals surface area contributed by atoms with Crippen LogP contribution < -0.4 is 103 Å². The Morgan fingerprint density at radius 3 is 0.620 bits per heavy atom. The lowest BCUT2D eigenvalue weighted by molar-refractivity contribution is -0.139. The number of nitrogens with two attached hydrogens (primary N) is 12. The molecule has 0 aromatic rings. The fourth-order valence-electron chi connectivity index (χ4n) is 3.43. The van der Waals surface area contributed by atoms with Gasteiger partial charge in [0.1, 0.15) is 48.1 Å². The number of primary amides is 1. The summed E-state index contributed by atoms with van der Waals surface area (Å²) in [6.07, 6.45) is 6.47. The first-order chi connectivity index (χ1) is 32.0. The zero-order chi connectivity index (χ0) is 55.9. The zero-order valence-electron chi connectivity index (χ0n) is 41.4. The molecule has 42 N–H and O–H groups in total. The van der Waals surface area contributed by atoms with Gasteiger partial charge in [-0.1, -0.05) is 65.1 Å². The Hall–Kier alpha value is -6.81. The molecule has 79 heavy (non-hydrogen) atoms. The average molecular weight is 1170 g/mol. The van der Waals surface area contributed by atoms with Crippen LogP contribution in [-0.2, 0) is 38.4 Å². The summed E-state index contributed by atoms with van der Waals surface area (Å²) in [6, 6.07) is -5.26. The summed E-state index contributed by atoms with van der Waals surface area (Å²) < 4.78 is 0. The van der Waals surface area contributed by atoms with Gasteiger partial charge in [0.25, 0.3) is 0 Å². The highest BCUT2D eigenvalue weighted by molar-refractivity contribution is 5.75. The van der Waals surface area contributed by atoms with Gasteiger partial charge in [0.15, 0.2) is 0 Å². The van der Waals surface area contributed by atoms with Crippen molar-refractivity contribution in [2.24, 2.45) is 68.8 Å². The lowest BCUT2D eigenvalue weighted by Gasteiger charge is -2.07. The lowest BCUT2D eigenvalue weighted by atomic mass is 10.2. The minimum absolute atomic E-state index is 0. The Labute approximate surface area is 472 Å². The minimum Gasteiger partial charge on any atom is -0.480 e. The molecule has 0 heterocycles. The second kappa shape index (κ2) is 93.7. The Morgan fingerprint density at radius 1 is 0.367 bits per heavy atom. The number of hydrogen-bond donors (Lipinski definition) is 24. The van der Waals surface area contributed by atoms with E-state index in [1.165, 1.54) is 11.9 Å². The molecule has 33 heteroatoms. The molecular weight excluding hydrogens is 1040 g/mol. The molecule has 0 saturated heterocycles. The first-order valence-electron chi connectivity index (χ1n) is 20.7. The molecule has 0 unspecified atom stereocenters. The Morgan fingerprint density at radius 2 is 0.506 bits per heavy atom. The number of carbonyl (C=O) groups excluding carboxylic acids is 3. The van der Waals surface area contributed by atoms with Crippen LogP contribution in [0.25, 0.3) is 0 Å². The van der Waals surface area contributed by atoms with E-state index >= 15 is 0 Å². The molecule has 0 radical (unpaired) electrons. The SMILES string of the molecule is C.C.C.C.C.C.C.C=C(N)NCCC[C@H](N)C(=O)O.C=C(N)NCCC[C@H](N)C(=O)O.C=C=O.C=C=O.N.N.N.NC(=O)NCCC[C@H](N)C(=O)O.NCCC[C@H](N)C(=O)O.NCCC[C@H](N)C(=O)O.NCCC[C@H](N)C(=O)O. The van der Waals surface area contributed by atoms with Crippen LogP contribution in [0, 0.1) is 0 Å². The van der Waals surface area contributed by atoms with Gasteiger partial charge < -0.3 is 134 Å². The molecule has 6 atom stereocenters. The fraction of sp³-hybridized carbons (Fsp3) is 0.674. The molecular formula is C46H120N18O15. The minimum atomic E-state index is -1.03. The van der Waals surface area contributed by atoms with Crippen LogP contribution in [-0.4, -0.2) is 160 Å². The van der Waals surface area contributed by atoms with Gasteiger partial charge in [-0.15, -0.1) is 0 Å². The van der Waals surface area contributed by atoms with Gasteiger partial charge in [-0.3, -0.25) is 28.8 Å². The summed E-state index contributed by atoms with van der Waals surface area (Å²) in [5, 5.41) is 57.8. The van der Waals surface area contributed by atoms with Gasteiger partial charge in [0.05, 0.1) is 11.6 Å². The van der Waals surface area contributed by atoms with E-state index in [9.17, 15) is 33.6 Å². The van der Waals surface area contributed by atoms with Gasteiger partial charge in [-0.25, -0.2) is 14.4 Å². The third-order valence-electron chi connectivity index (χ3n) is 7.14. The molecule has 0 fully saturated rings. The number of carbonyl (C=O) groups is 7. The molecule has 2 amide bonds. The Balaban J connectivity index is -0.0000000339. The van der Waals surface area contributed by atoms with Crippen molar-refractivity contribution in [3.8, 4) is 0 Å². The topological polar surface area (TPSA) is 728 Å². The monoisotopic (exact) mass is 1160 g/mol. The summed E-state index contributed by atoms with van der Waals surface area (Å²) in [4.78, 5) is 88.1. The van der Waals surface area contributed by atoms with Crippen molar-refractivity contribution < 1.29 is 73.8 Å². The maximum atomic E-state index is 10.2. The lowest BCUT2D eigenvalue weighted by Crippen LogP contribution is -2.33. The number of amides is 2. The molecule has 0 aliphatic rings. The third kappa shape index (κ3) is 135. The first kappa shape index (κ1) is 125. The maximum absolute atomic E-state index is 10.2. The molecule has 33 nitrogen and oxygen atoms in total. The highest BCUT2D eigenvalue weighted by Gasteiger charge is 2.13. The smallest absolute Gasteiger partial charge is 0.320 e. The summed E-state index contributed by atoms with van der Waals surface area (Å²) in [5.41, 5.74) is 61.7. The number of carboxylic acid groups (broad SMARTS) is 6. The molecule has 0 saturated carbocycles. The van der Waals surface area contributed by atoms with E-state index in [1.54, 1.807) is 0 Å². The number of urea groups is 1. The van der Waals surface area contributed by atoms with Crippen LogP contribution in [0.1, 0.15) is 129 Å². The summed E-state index contributed by atoms with van der Waals surface area (Å²) in [7, 11) is 0. The van der Waals surface area contributed by atoms with Crippen molar-refractivity contribution in [1.29, 1.82) is 0 Å². The third-order valence-corrected chi connectivity index (χ3v) is 7.14. The Kier molecular flexibility index (Phi) is 148. The van der Waals surface area contributed by atoms with Crippen molar-refractivity contribution >= 4 is 53.7 Å². The molecule has 484 valence electrons. The van der Waals surface area contributed by atoms with Crippen molar-refractivity contribution in [3.63, 3.8) is 0 Å². The second-order valence-corrected chi connectivity index (χ2v) is 13.4. The van der Waals surface area contributed by atoms with E-state index in [1.807, 2.05) is 0 Å². The van der Waals surface area contributed by atoms with E-state index in [-0.39, 0.29) is 70.4 Å². The summed E-state index contributed by atoms with van der Waals surface area (Å²) in [6.45, 7) is 15.3. The number of hydrogen-bond acceptors (Lipinski definition) is 25. The summed E-state index contributed by atoms with van der Waals surface area (Å²) in [5.74, 6) is -2.56. The van der Waals surface area contributed by atoms with Crippen molar-refractivity contribution in [2.75, 3.05) is 39.3 Å². The number of aliphatic carboxylic acids is 6. The second-order valence-electron chi connectivity index (χ2n) is 13.4. The van der Waals surface area contributed by atoms with E-state index < -0.39 is 78.1 Å². The van der Waals surface area contributed by atoms with Crippen molar-refractivity contribution in [1.82, 2.24) is 34.4 Å². The molecule has 0 aromatic carbocycles. The quantitative estimate of drug-likeness (QED) is 0.0335. The zero-order valence-corrected chi connectivity index (χ0v) is 41.4. The molecule has 0 rings (SSSR count). The standard InChI is InChI=1S/2C7H15N3O2.C6H13N3O3.3C5H12N2O2.2C2H2O.7CH4.3H3N/c2*1-5(8)10-4-2-3-6(9)7(11)12;7-4(5(10)11)2-1-3-9-6(8)12;3*6-3-1-2-4(7)5(8)9;2*1-2-3;;;;;;;;;;/h2*6,10H,1-4,8-9H2,(H,11,12);4H,1-3,7H2,(H,10,11)(H3,8,9,12);3*4H,1-3,6-7H2,(H,8,9);2*1H2;7*1H4;3*1H3/t2*6-;4*4-;;;;;;;;;;;;/m000000............/s1. The summed E-state index contributed by atoms with van der Waals surface area (Å²) >= 11 is 0. The average Bonchev–Trinajstić information content (AvgIpc) is 3.26. The van der Waals surface area contributed by atoms with Crippen LogP contribution >= 0.6 is 0 Å². The molecule has 0 aliphatic heterocycles. The van der Waals surface area contributed by atoms with Gasteiger partial charge in [-0.2, -0.15) is 0 Å². The normalized spacial score (nSPS) is 10.2. The molecule has 0 spiro atoms. The van der Waals surface area contributed by atoms with E-state index in [4.69, 9.17) is 109 Å². The van der Waals surface area contributed by atoms with E-state index in [0.717, 1.165) is 0 Å². The van der Waals surface area contributed by atoms with Gasteiger partial charge in [0.2, 0.25) is 0 Å². The molecule has 0 aromatic heterocycles. The number of carboxylic acids is 6. The largest absolute Gasteiger partial charge is 0.480 e. The molecule has 0 bridgehead atoms. The predicted molar refractivity (Wildman–Crippen MR) is 321 cm³/mol. The van der Waals surface area contributed by atoms with Gasteiger partial charge in [-0.05, 0) is 110 Å². The van der Waals surface area contributed by atoms with Crippen LogP contribution in [0.2, 0.25) is 0 Å². The van der Waals surface area contributed by atoms with E-state index in [0.29, 0.717) is 128 Å². The van der Waals surface area contributed by atoms with Crippen LogP contribution in [0.15, 0.2) is 38.0 Å².